The first-order valence-corrected chi connectivity index (χ1v) is 3.97. The molecule has 0 amide bonds. The zero-order chi connectivity index (χ0) is 9.68. The fourth-order valence-electron chi connectivity index (χ4n) is 0.871. The molecule has 0 bridgehead atoms. The summed E-state index contributed by atoms with van der Waals surface area (Å²) in [6.07, 6.45) is 1.65. The lowest BCUT2D eigenvalue weighted by molar-refractivity contribution is 1.16. The minimum atomic E-state index is 0.559. The van der Waals surface area contributed by atoms with Crippen LogP contribution in [0.1, 0.15) is 12.5 Å². The maximum Gasteiger partial charge on any atom is 0.144 e. The SMILES string of the molecule is C=C(C)CNc1ncccc1C#N. The van der Waals surface area contributed by atoms with Gasteiger partial charge in [0, 0.05) is 12.7 Å². The van der Waals surface area contributed by atoms with E-state index in [2.05, 4.69) is 22.9 Å². The van der Waals surface area contributed by atoms with Gasteiger partial charge >= 0.3 is 0 Å². The van der Waals surface area contributed by atoms with E-state index in [0.717, 1.165) is 5.57 Å². The number of hydrogen-bond acceptors (Lipinski definition) is 3. The van der Waals surface area contributed by atoms with E-state index in [-0.39, 0.29) is 0 Å². The summed E-state index contributed by atoms with van der Waals surface area (Å²) < 4.78 is 0. The number of nitrogens with zero attached hydrogens (tertiary/aromatic N) is 2. The second kappa shape index (κ2) is 4.27. The van der Waals surface area contributed by atoms with Crippen molar-refractivity contribution in [2.24, 2.45) is 0 Å². The second-order valence-electron chi connectivity index (χ2n) is 2.82. The van der Waals surface area contributed by atoms with Crippen molar-refractivity contribution >= 4 is 5.82 Å². The van der Waals surface area contributed by atoms with Crippen molar-refractivity contribution in [2.45, 2.75) is 6.92 Å². The molecule has 0 aliphatic carbocycles. The third-order valence-electron chi connectivity index (χ3n) is 1.49. The van der Waals surface area contributed by atoms with Crippen LogP contribution in [0.4, 0.5) is 5.82 Å². The molecule has 0 radical (unpaired) electrons. The molecular formula is C10H11N3. The minimum Gasteiger partial charge on any atom is -0.365 e. The molecule has 1 aromatic heterocycles. The maximum absolute atomic E-state index is 8.73. The molecule has 0 saturated heterocycles. The molecule has 0 atom stereocenters. The summed E-state index contributed by atoms with van der Waals surface area (Å²) in [5, 5.41) is 11.8. The average Bonchev–Trinajstić information content (AvgIpc) is 2.15. The van der Waals surface area contributed by atoms with E-state index in [1.54, 1.807) is 18.3 Å². The monoisotopic (exact) mass is 173 g/mol. The minimum absolute atomic E-state index is 0.559. The molecule has 0 spiro atoms. The number of hydrogen-bond donors (Lipinski definition) is 1. The highest BCUT2D eigenvalue weighted by atomic mass is 15.0. The molecule has 3 nitrogen and oxygen atoms in total. The van der Waals surface area contributed by atoms with Crippen molar-refractivity contribution in [3.05, 3.63) is 36.0 Å². The molecule has 0 aliphatic heterocycles. The first kappa shape index (κ1) is 9.27. The van der Waals surface area contributed by atoms with Crippen molar-refractivity contribution in [1.29, 1.82) is 5.26 Å². The quantitative estimate of drug-likeness (QED) is 0.710. The van der Waals surface area contributed by atoms with Crippen LogP contribution in [0.25, 0.3) is 0 Å². The van der Waals surface area contributed by atoms with Crippen LogP contribution in [0.5, 0.6) is 0 Å². The summed E-state index contributed by atoms with van der Waals surface area (Å²) in [7, 11) is 0. The van der Waals surface area contributed by atoms with Gasteiger partial charge < -0.3 is 5.32 Å². The van der Waals surface area contributed by atoms with Gasteiger partial charge in [-0.3, -0.25) is 0 Å². The lowest BCUT2D eigenvalue weighted by Crippen LogP contribution is -2.05. The van der Waals surface area contributed by atoms with Gasteiger partial charge in [-0.05, 0) is 19.1 Å². The number of nitriles is 1. The Morgan fingerprint density at radius 1 is 1.77 bits per heavy atom. The van der Waals surface area contributed by atoms with Crippen molar-refractivity contribution in [2.75, 3.05) is 11.9 Å². The largest absolute Gasteiger partial charge is 0.365 e. The molecule has 1 N–H and O–H groups in total. The molecule has 3 heteroatoms. The van der Waals surface area contributed by atoms with Gasteiger partial charge in [-0.25, -0.2) is 4.98 Å². The van der Waals surface area contributed by atoms with E-state index in [4.69, 9.17) is 5.26 Å². The van der Waals surface area contributed by atoms with Crippen LogP contribution in [-0.2, 0) is 0 Å². The summed E-state index contributed by atoms with van der Waals surface area (Å²) in [5.74, 6) is 0.619. The molecule has 1 heterocycles. The summed E-state index contributed by atoms with van der Waals surface area (Å²) in [5.41, 5.74) is 1.57. The lowest BCUT2D eigenvalue weighted by atomic mass is 10.2. The Hall–Kier alpha value is -1.82. The Morgan fingerprint density at radius 3 is 3.15 bits per heavy atom. The van der Waals surface area contributed by atoms with Crippen LogP contribution in [-0.4, -0.2) is 11.5 Å². The topological polar surface area (TPSA) is 48.7 Å². The Balaban J connectivity index is 2.77. The van der Waals surface area contributed by atoms with Gasteiger partial charge in [-0.1, -0.05) is 12.2 Å². The van der Waals surface area contributed by atoms with E-state index < -0.39 is 0 Å². The van der Waals surface area contributed by atoms with Crippen LogP contribution in [0.3, 0.4) is 0 Å². The third kappa shape index (κ3) is 2.60. The zero-order valence-corrected chi connectivity index (χ0v) is 7.54. The molecule has 0 aromatic carbocycles. The van der Waals surface area contributed by atoms with E-state index in [1.807, 2.05) is 6.92 Å². The summed E-state index contributed by atoms with van der Waals surface area (Å²) in [4.78, 5) is 4.05. The Kier molecular flexibility index (Phi) is 3.04. The van der Waals surface area contributed by atoms with E-state index in [0.29, 0.717) is 17.9 Å². The normalized spacial score (nSPS) is 8.92. The molecule has 1 rings (SSSR count). The van der Waals surface area contributed by atoms with Gasteiger partial charge in [0.05, 0.1) is 5.56 Å². The van der Waals surface area contributed by atoms with Gasteiger partial charge in [-0.2, -0.15) is 5.26 Å². The predicted octanol–water partition coefficient (Wildman–Crippen LogP) is 1.94. The predicted molar refractivity (Wildman–Crippen MR) is 52.3 cm³/mol. The standard InChI is InChI=1S/C10H11N3/c1-8(2)7-13-10-9(6-11)4-3-5-12-10/h3-5H,1,7H2,2H3,(H,12,13). The Bertz CT molecular complexity index is 349. The van der Waals surface area contributed by atoms with Crippen molar-refractivity contribution < 1.29 is 0 Å². The van der Waals surface area contributed by atoms with E-state index in [1.165, 1.54) is 0 Å². The number of pyridine rings is 1. The molecule has 0 saturated carbocycles. The lowest BCUT2D eigenvalue weighted by Gasteiger charge is -2.05. The zero-order valence-electron chi connectivity index (χ0n) is 7.54. The number of nitrogens with one attached hydrogen (secondary N) is 1. The highest BCUT2D eigenvalue weighted by Gasteiger charge is 1.99. The van der Waals surface area contributed by atoms with Crippen molar-refractivity contribution in [1.82, 2.24) is 4.98 Å². The van der Waals surface area contributed by atoms with Crippen molar-refractivity contribution in [3.8, 4) is 6.07 Å². The van der Waals surface area contributed by atoms with Crippen molar-refractivity contribution in [3.63, 3.8) is 0 Å². The maximum atomic E-state index is 8.73. The van der Waals surface area contributed by atoms with Gasteiger partial charge in [0.1, 0.15) is 11.9 Å². The van der Waals surface area contributed by atoms with E-state index in [9.17, 15) is 0 Å². The molecule has 1 aromatic rings. The molecule has 0 fully saturated rings. The van der Waals surface area contributed by atoms with Gasteiger partial charge in [-0.15, -0.1) is 0 Å². The van der Waals surface area contributed by atoms with Gasteiger partial charge in [0.2, 0.25) is 0 Å². The Labute approximate surface area is 77.7 Å². The fourth-order valence-corrected chi connectivity index (χ4v) is 0.871. The number of aromatic nitrogens is 1. The molecule has 66 valence electrons. The first-order chi connectivity index (χ1) is 6.24. The molecule has 13 heavy (non-hydrogen) atoms. The average molecular weight is 173 g/mol. The second-order valence-corrected chi connectivity index (χ2v) is 2.82. The molecular weight excluding hydrogens is 162 g/mol. The van der Waals surface area contributed by atoms with Crippen LogP contribution >= 0.6 is 0 Å². The van der Waals surface area contributed by atoms with E-state index >= 15 is 0 Å². The number of rotatable bonds is 3. The summed E-state index contributed by atoms with van der Waals surface area (Å²) >= 11 is 0. The van der Waals surface area contributed by atoms with Crippen LogP contribution in [0.2, 0.25) is 0 Å². The fraction of sp³-hybridized carbons (Fsp3) is 0.200. The summed E-state index contributed by atoms with van der Waals surface area (Å²) in [6.45, 7) is 6.32. The van der Waals surface area contributed by atoms with Crippen LogP contribution < -0.4 is 5.32 Å². The molecule has 0 unspecified atom stereocenters. The number of anilines is 1. The Morgan fingerprint density at radius 2 is 2.54 bits per heavy atom. The first-order valence-electron chi connectivity index (χ1n) is 3.97. The third-order valence-corrected chi connectivity index (χ3v) is 1.49. The molecule has 0 aliphatic rings. The summed E-state index contributed by atoms with van der Waals surface area (Å²) in [6, 6.07) is 5.54. The highest BCUT2D eigenvalue weighted by molar-refractivity contribution is 5.51. The highest BCUT2D eigenvalue weighted by Crippen LogP contribution is 2.09. The van der Waals surface area contributed by atoms with Crippen LogP contribution in [0.15, 0.2) is 30.5 Å². The smallest absolute Gasteiger partial charge is 0.144 e. The van der Waals surface area contributed by atoms with Gasteiger partial charge in [0.25, 0.3) is 0 Å². The van der Waals surface area contributed by atoms with Crippen LogP contribution in [0, 0.1) is 11.3 Å². The van der Waals surface area contributed by atoms with Gasteiger partial charge in [0.15, 0.2) is 0 Å².